The fraction of sp³-hybridized carbons (Fsp3) is 0.435. The van der Waals surface area contributed by atoms with Crippen LogP contribution in [0.25, 0.3) is 0 Å². The van der Waals surface area contributed by atoms with E-state index in [1.165, 1.54) is 31.2 Å². The molecule has 1 aliphatic rings. The second-order valence-corrected chi connectivity index (χ2v) is 7.21. The van der Waals surface area contributed by atoms with Crippen molar-refractivity contribution in [3.63, 3.8) is 0 Å². The average molecular weight is 403 g/mol. The van der Waals surface area contributed by atoms with E-state index in [2.05, 4.69) is 22.3 Å². The van der Waals surface area contributed by atoms with E-state index in [-0.39, 0.29) is 24.4 Å². The highest BCUT2D eigenvalue weighted by Gasteiger charge is 2.22. The van der Waals surface area contributed by atoms with Crippen molar-refractivity contribution in [1.29, 1.82) is 0 Å². The number of benzene rings is 2. The van der Waals surface area contributed by atoms with Crippen LogP contribution in [0, 0.1) is 0 Å². The zero-order valence-corrected chi connectivity index (χ0v) is 17.4. The molecule has 1 saturated heterocycles. The summed E-state index contributed by atoms with van der Waals surface area (Å²) in [5.41, 5.74) is 2.28. The van der Waals surface area contributed by atoms with Crippen molar-refractivity contribution in [2.75, 3.05) is 26.7 Å². The van der Waals surface area contributed by atoms with Gasteiger partial charge in [-0.1, -0.05) is 55.3 Å². The van der Waals surface area contributed by atoms with Crippen LogP contribution in [0.1, 0.15) is 42.9 Å². The summed E-state index contributed by atoms with van der Waals surface area (Å²) in [5, 5.41) is 3.16. The number of methoxy groups -OCH3 is 1. The molecular weight excluding hydrogens is 372 g/mol. The number of likely N-dealkylation sites (tertiary alicyclic amines) is 1. The van der Waals surface area contributed by atoms with Crippen LogP contribution in [-0.4, -0.2) is 37.6 Å². The predicted octanol–water partition coefficient (Wildman–Crippen LogP) is 4.39. The Bertz CT molecular complexity index is 698. The molecular formula is C23H31ClN2O2. The van der Waals surface area contributed by atoms with Crippen molar-refractivity contribution in [2.45, 2.75) is 38.1 Å². The molecule has 0 saturated carbocycles. The second kappa shape index (κ2) is 11.7. The summed E-state index contributed by atoms with van der Waals surface area (Å²) in [5.74, 6) is 0.941. The molecule has 4 nitrogen and oxygen atoms in total. The second-order valence-electron chi connectivity index (χ2n) is 7.21. The average Bonchev–Trinajstić information content (AvgIpc) is 2.99. The fourth-order valence-electron chi connectivity index (χ4n) is 3.74. The minimum absolute atomic E-state index is 0. The molecule has 0 bridgehead atoms. The summed E-state index contributed by atoms with van der Waals surface area (Å²) in [6.07, 6.45) is 5.48. The number of halogens is 1. The summed E-state index contributed by atoms with van der Waals surface area (Å²) >= 11 is 0. The fourth-order valence-corrected chi connectivity index (χ4v) is 3.74. The van der Waals surface area contributed by atoms with E-state index >= 15 is 0 Å². The summed E-state index contributed by atoms with van der Waals surface area (Å²) < 4.78 is 5.30. The standard InChI is InChI=1S/C23H30N2O2.ClH/c1-27-21-13-11-20(12-14-21)22(25-15-7-2-3-8-16-25)18-24-23(26)17-19-9-5-4-6-10-19;/h4-6,9-14,22H,2-3,7-8,15-18H2,1H3,(H,24,26);1H. The maximum atomic E-state index is 12.4. The highest BCUT2D eigenvalue weighted by molar-refractivity contribution is 5.85. The maximum absolute atomic E-state index is 12.4. The lowest BCUT2D eigenvalue weighted by Crippen LogP contribution is -2.39. The third-order valence-electron chi connectivity index (χ3n) is 5.28. The molecule has 1 heterocycles. The molecule has 2 aromatic rings. The normalized spacial score (nSPS) is 15.8. The first kappa shape index (κ1) is 22.3. The molecule has 0 radical (unpaired) electrons. The van der Waals surface area contributed by atoms with Gasteiger partial charge in [-0.15, -0.1) is 12.4 Å². The minimum atomic E-state index is 0. The van der Waals surface area contributed by atoms with E-state index in [1.54, 1.807) is 7.11 Å². The van der Waals surface area contributed by atoms with Crippen LogP contribution in [0.15, 0.2) is 54.6 Å². The van der Waals surface area contributed by atoms with Crippen LogP contribution in [0.2, 0.25) is 0 Å². The Morgan fingerprint density at radius 2 is 1.64 bits per heavy atom. The number of rotatable bonds is 7. The number of nitrogens with one attached hydrogen (secondary N) is 1. The number of carbonyl (C=O) groups excluding carboxylic acids is 1. The Kier molecular flexibility index (Phi) is 9.32. The van der Waals surface area contributed by atoms with Gasteiger partial charge in [-0.05, 0) is 49.2 Å². The van der Waals surface area contributed by atoms with Gasteiger partial charge in [-0.25, -0.2) is 0 Å². The van der Waals surface area contributed by atoms with Crippen LogP contribution in [0.3, 0.4) is 0 Å². The zero-order chi connectivity index (χ0) is 18.9. The van der Waals surface area contributed by atoms with Crippen molar-refractivity contribution in [2.24, 2.45) is 0 Å². The van der Waals surface area contributed by atoms with Gasteiger partial charge in [-0.2, -0.15) is 0 Å². The van der Waals surface area contributed by atoms with Crippen LogP contribution in [-0.2, 0) is 11.2 Å². The summed E-state index contributed by atoms with van der Waals surface area (Å²) in [4.78, 5) is 15.0. The van der Waals surface area contributed by atoms with Crippen LogP contribution < -0.4 is 10.1 Å². The van der Waals surface area contributed by atoms with Crippen molar-refractivity contribution in [3.05, 3.63) is 65.7 Å². The molecule has 152 valence electrons. The number of hydrogen-bond acceptors (Lipinski definition) is 3. The van der Waals surface area contributed by atoms with Gasteiger partial charge in [-0.3, -0.25) is 9.69 Å². The first-order valence-corrected chi connectivity index (χ1v) is 9.95. The lowest BCUT2D eigenvalue weighted by molar-refractivity contribution is -0.120. The molecule has 1 unspecified atom stereocenters. The lowest BCUT2D eigenvalue weighted by atomic mass is 10.0. The van der Waals surface area contributed by atoms with E-state index in [0.29, 0.717) is 13.0 Å². The predicted molar refractivity (Wildman–Crippen MR) is 116 cm³/mol. The Morgan fingerprint density at radius 3 is 2.25 bits per heavy atom. The molecule has 28 heavy (non-hydrogen) atoms. The van der Waals surface area contributed by atoms with Gasteiger partial charge in [0.1, 0.15) is 5.75 Å². The highest BCUT2D eigenvalue weighted by atomic mass is 35.5. The molecule has 0 aromatic heterocycles. The number of nitrogens with zero attached hydrogens (tertiary/aromatic N) is 1. The number of carbonyl (C=O) groups is 1. The maximum Gasteiger partial charge on any atom is 0.224 e. The molecule has 3 rings (SSSR count). The van der Waals surface area contributed by atoms with Crippen molar-refractivity contribution in [3.8, 4) is 5.75 Å². The first-order valence-electron chi connectivity index (χ1n) is 9.95. The SMILES string of the molecule is COc1ccc(C(CNC(=O)Cc2ccccc2)N2CCCCCC2)cc1.Cl. The lowest BCUT2D eigenvalue weighted by Gasteiger charge is -2.31. The number of hydrogen-bond donors (Lipinski definition) is 1. The van der Waals surface area contributed by atoms with Gasteiger partial charge in [0.05, 0.1) is 19.6 Å². The van der Waals surface area contributed by atoms with Gasteiger partial charge < -0.3 is 10.1 Å². The highest BCUT2D eigenvalue weighted by Crippen LogP contribution is 2.25. The molecule has 1 aliphatic heterocycles. The molecule has 0 spiro atoms. The Morgan fingerprint density at radius 1 is 1.00 bits per heavy atom. The van der Waals surface area contributed by atoms with E-state index in [4.69, 9.17) is 4.74 Å². The molecule has 5 heteroatoms. The topological polar surface area (TPSA) is 41.6 Å². The van der Waals surface area contributed by atoms with E-state index in [1.807, 2.05) is 42.5 Å². The quantitative estimate of drug-likeness (QED) is 0.746. The van der Waals surface area contributed by atoms with Crippen LogP contribution >= 0.6 is 12.4 Å². The molecule has 1 N–H and O–H groups in total. The molecule has 2 aromatic carbocycles. The molecule has 0 aliphatic carbocycles. The van der Waals surface area contributed by atoms with Crippen molar-refractivity contribution >= 4 is 18.3 Å². The van der Waals surface area contributed by atoms with Gasteiger partial charge in [0, 0.05) is 6.54 Å². The van der Waals surface area contributed by atoms with Gasteiger partial charge >= 0.3 is 0 Å². The monoisotopic (exact) mass is 402 g/mol. The van der Waals surface area contributed by atoms with E-state index in [9.17, 15) is 4.79 Å². The van der Waals surface area contributed by atoms with E-state index < -0.39 is 0 Å². The Labute approximate surface area is 174 Å². The van der Waals surface area contributed by atoms with Gasteiger partial charge in [0.2, 0.25) is 5.91 Å². The van der Waals surface area contributed by atoms with Gasteiger partial charge in [0.25, 0.3) is 0 Å². The van der Waals surface area contributed by atoms with Crippen molar-refractivity contribution in [1.82, 2.24) is 10.2 Å². The molecule has 1 atom stereocenters. The van der Waals surface area contributed by atoms with Crippen molar-refractivity contribution < 1.29 is 9.53 Å². The third kappa shape index (κ3) is 6.54. The molecule has 1 fully saturated rings. The number of ether oxygens (including phenoxy) is 1. The third-order valence-corrected chi connectivity index (χ3v) is 5.28. The summed E-state index contributed by atoms with van der Waals surface area (Å²) in [6.45, 7) is 2.81. The summed E-state index contributed by atoms with van der Waals surface area (Å²) in [6, 6.07) is 18.4. The van der Waals surface area contributed by atoms with Crippen LogP contribution in [0.5, 0.6) is 5.75 Å². The largest absolute Gasteiger partial charge is 0.497 e. The smallest absolute Gasteiger partial charge is 0.224 e. The van der Waals surface area contributed by atoms with Gasteiger partial charge in [0.15, 0.2) is 0 Å². The minimum Gasteiger partial charge on any atom is -0.497 e. The zero-order valence-electron chi connectivity index (χ0n) is 16.6. The Balaban J connectivity index is 0.00000280. The molecule has 1 amide bonds. The van der Waals surface area contributed by atoms with Crippen LogP contribution in [0.4, 0.5) is 0 Å². The summed E-state index contributed by atoms with van der Waals surface area (Å²) in [7, 11) is 1.69. The first-order chi connectivity index (χ1) is 13.3. The van der Waals surface area contributed by atoms with E-state index in [0.717, 1.165) is 24.4 Å². The number of amides is 1. The Hall–Kier alpha value is -2.04.